The maximum atomic E-state index is 13.2. The molecule has 4 nitrogen and oxygen atoms in total. The number of aromatic hydroxyl groups is 1. The van der Waals surface area contributed by atoms with Crippen molar-refractivity contribution < 1.29 is 19.4 Å². The molecule has 104 valence electrons. The molecule has 2 aromatic rings. The topological polar surface area (TPSA) is 69.6 Å². The van der Waals surface area contributed by atoms with Gasteiger partial charge >= 0.3 is 5.97 Å². The highest BCUT2D eigenvalue weighted by Gasteiger charge is 2.11. The first-order valence-corrected chi connectivity index (χ1v) is 6.09. The van der Waals surface area contributed by atoms with Gasteiger partial charge in [-0.1, -0.05) is 11.6 Å². The minimum Gasteiger partial charge on any atom is -0.508 e. The third-order valence-corrected chi connectivity index (χ3v) is 2.96. The van der Waals surface area contributed by atoms with Gasteiger partial charge in [-0.3, -0.25) is 0 Å². The molecule has 0 aromatic heterocycles. The van der Waals surface area contributed by atoms with E-state index in [1.807, 2.05) is 0 Å². The molecule has 0 unspecified atom stereocenters. The Hall–Kier alpha value is -2.27. The first-order chi connectivity index (χ1) is 9.47. The number of phenols is 1. The number of benzene rings is 2. The van der Waals surface area contributed by atoms with Gasteiger partial charge in [0.25, 0.3) is 0 Å². The lowest BCUT2D eigenvalue weighted by Gasteiger charge is -2.09. The summed E-state index contributed by atoms with van der Waals surface area (Å²) >= 11 is 5.82. The van der Waals surface area contributed by atoms with Crippen molar-refractivity contribution in [3.05, 3.63) is 58.4 Å². The molecule has 0 heterocycles. The van der Waals surface area contributed by atoms with Crippen LogP contribution in [0.15, 0.2) is 36.4 Å². The van der Waals surface area contributed by atoms with E-state index in [9.17, 15) is 14.3 Å². The Labute approximate surface area is 119 Å². The van der Waals surface area contributed by atoms with Crippen LogP contribution < -0.4 is 5.32 Å². The normalized spacial score (nSPS) is 10.3. The number of hydrogen-bond donors (Lipinski definition) is 3. The molecule has 20 heavy (non-hydrogen) atoms. The highest BCUT2D eigenvalue weighted by molar-refractivity contribution is 6.30. The predicted molar refractivity (Wildman–Crippen MR) is 73.8 cm³/mol. The molecule has 0 amide bonds. The predicted octanol–water partition coefficient (Wildman–Crippen LogP) is 3.50. The molecular formula is C14H11ClFNO3. The zero-order valence-corrected chi connectivity index (χ0v) is 11.0. The summed E-state index contributed by atoms with van der Waals surface area (Å²) in [5, 5.41) is 21.9. The molecule has 0 radical (unpaired) electrons. The summed E-state index contributed by atoms with van der Waals surface area (Å²) in [5.74, 6) is -2.06. The van der Waals surface area contributed by atoms with Crippen molar-refractivity contribution in [1.82, 2.24) is 0 Å². The van der Waals surface area contributed by atoms with Crippen molar-refractivity contribution in [2.45, 2.75) is 6.54 Å². The minimum absolute atomic E-state index is 0.0717. The van der Waals surface area contributed by atoms with Crippen LogP contribution in [0.25, 0.3) is 0 Å². The van der Waals surface area contributed by atoms with Crippen LogP contribution in [0.3, 0.4) is 0 Å². The maximum Gasteiger partial charge on any atom is 0.338 e. The number of carbonyl (C=O) groups is 1. The van der Waals surface area contributed by atoms with Crippen molar-refractivity contribution in [1.29, 1.82) is 0 Å². The Morgan fingerprint density at radius 1 is 1.25 bits per heavy atom. The number of carboxylic acids is 1. The Balaban J connectivity index is 2.17. The second-order valence-corrected chi connectivity index (χ2v) is 4.56. The van der Waals surface area contributed by atoms with E-state index in [0.717, 1.165) is 6.07 Å². The van der Waals surface area contributed by atoms with Gasteiger partial charge in [0.2, 0.25) is 0 Å². The molecule has 0 fully saturated rings. The molecule has 2 rings (SSSR count). The number of carboxylic acid groups (broad SMARTS) is 1. The smallest absolute Gasteiger partial charge is 0.338 e. The van der Waals surface area contributed by atoms with Crippen molar-refractivity contribution in [3.8, 4) is 5.75 Å². The van der Waals surface area contributed by atoms with Crippen LogP contribution in [0.1, 0.15) is 15.9 Å². The number of nitrogens with one attached hydrogen (secondary N) is 1. The maximum absolute atomic E-state index is 13.2. The van der Waals surface area contributed by atoms with Crippen molar-refractivity contribution >= 4 is 23.3 Å². The lowest BCUT2D eigenvalue weighted by molar-refractivity contribution is 0.0692. The quantitative estimate of drug-likeness (QED) is 0.807. The molecule has 0 spiro atoms. The van der Waals surface area contributed by atoms with Crippen LogP contribution >= 0.6 is 11.6 Å². The van der Waals surface area contributed by atoms with Gasteiger partial charge in [-0.2, -0.15) is 0 Å². The van der Waals surface area contributed by atoms with Gasteiger partial charge in [0.05, 0.1) is 5.56 Å². The summed E-state index contributed by atoms with van der Waals surface area (Å²) in [7, 11) is 0. The van der Waals surface area contributed by atoms with Crippen LogP contribution in [0.4, 0.5) is 10.1 Å². The second-order valence-electron chi connectivity index (χ2n) is 4.13. The first kappa shape index (κ1) is 14.1. The second kappa shape index (κ2) is 5.79. The van der Waals surface area contributed by atoms with E-state index in [1.54, 1.807) is 12.1 Å². The van der Waals surface area contributed by atoms with Crippen molar-refractivity contribution in [2.24, 2.45) is 0 Å². The van der Waals surface area contributed by atoms with E-state index in [4.69, 9.17) is 16.7 Å². The van der Waals surface area contributed by atoms with E-state index < -0.39 is 17.3 Å². The van der Waals surface area contributed by atoms with Crippen LogP contribution in [0.2, 0.25) is 5.02 Å². The fourth-order valence-electron chi connectivity index (χ4n) is 1.69. The summed E-state index contributed by atoms with van der Waals surface area (Å²) < 4.78 is 13.2. The summed E-state index contributed by atoms with van der Waals surface area (Å²) in [4.78, 5) is 10.8. The number of halogens is 2. The van der Waals surface area contributed by atoms with Crippen LogP contribution in [0.5, 0.6) is 5.75 Å². The summed E-state index contributed by atoms with van der Waals surface area (Å²) in [6.45, 7) is 0.233. The Kier molecular flexibility index (Phi) is 4.10. The lowest BCUT2D eigenvalue weighted by atomic mass is 10.1. The largest absolute Gasteiger partial charge is 0.508 e. The molecule has 0 saturated heterocycles. The molecule has 0 aliphatic heterocycles. The Bertz CT molecular complexity index is 661. The molecule has 3 N–H and O–H groups in total. The van der Waals surface area contributed by atoms with E-state index in [2.05, 4.69) is 5.32 Å². The van der Waals surface area contributed by atoms with Gasteiger partial charge in [-0.05, 0) is 36.4 Å². The van der Waals surface area contributed by atoms with Gasteiger partial charge in [-0.15, -0.1) is 0 Å². The molecule has 2 aromatic carbocycles. The monoisotopic (exact) mass is 295 g/mol. The number of aromatic carboxylic acids is 1. The van der Waals surface area contributed by atoms with E-state index in [-0.39, 0.29) is 12.3 Å². The highest BCUT2D eigenvalue weighted by atomic mass is 35.5. The molecule has 0 atom stereocenters. The molecular weight excluding hydrogens is 285 g/mol. The number of anilines is 1. The molecule has 0 bridgehead atoms. The summed E-state index contributed by atoms with van der Waals surface area (Å²) in [5.41, 5.74) is 0.576. The zero-order chi connectivity index (χ0) is 14.7. The van der Waals surface area contributed by atoms with Crippen LogP contribution in [-0.4, -0.2) is 16.2 Å². The van der Waals surface area contributed by atoms with Gasteiger partial charge in [0.15, 0.2) is 0 Å². The number of phenolic OH excluding ortho intramolecular Hbond substituents is 1. The van der Waals surface area contributed by atoms with E-state index >= 15 is 0 Å². The number of hydrogen-bond acceptors (Lipinski definition) is 3. The SMILES string of the molecule is O=C(O)c1cc(NCc2cc(Cl)ccc2O)ccc1F. The van der Waals surface area contributed by atoms with Crippen molar-refractivity contribution in [2.75, 3.05) is 5.32 Å². The summed E-state index contributed by atoms with van der Waals surface area (Å²) in [6, 6.07) is 8.30. The average molecular weight is 296 g/mol. The lowest BCUT2D eigenvalue weighted by Crippen LogP contribution is -2.04. The fraction of sp³-hybridized carbons (Fsp3) is 0.0714. The highest BCUT2D eigenvalue weighted by Crippen LogP contribution is 2.23. The molecule has 6 heteroatoms. The van der Waals surface area contributed by atoms with E-state index in [0.29, 0.717) is 16.3 Å². The van der Waals surface area contributed by atoms with E-state index in [1.165, 1.54) is 18.2 Å². The fourth-order valence-corrected chi connectivity index (χ4v) is 1.89. The minimum atomic E-state index is -1.34. The third-order valence-electron chi connectivity index (χ3n) is 2.72. The zero-order valence-electron chi connectivity index (χ0n) is 10.2. The van der Waals surface area contributed by atoms with Gasteiger partial charge < -0.3 is 15.5 Å². The third kappa shape index (κ3) is 3.19. The standard InChI is InChI=1S/C14H11ClFNO3/c15-9-1-4-13(18)8(5-9)7-17-10-2-3-12(16)11(6-10)14(19)20/h1-6,17-18H,7H2,(H,19,20). The average Bonchev–Trinajstić information content (AvgIpc) is 2.41. The number of rotatable bonds is 4. The van der Waals surface area contributed by atoms with Crippen molar-refractivity contribution in [3.63, 3.8) is 0 Å². The molecule has 0 saturated carbocycles. The van der Waals surface area contributed by atoms with Gasteiger partial charge in [-0.25, -0.2) is 9.18 Å². The van der Waals surface area contributed by atoms with Crippen LogP contribution in [0, 0.1) is 5.82 Å². The van der Waals surface area contributed by atoms with Crippen LogP contribution in [-0.2, 0) is 6.54 Å². The molecule has 0 aliphatic carbocycles. The van der Waals surface area contributed by atoms with Gasteiger partial charge in [0, 0.05) is 22.8 Å². The Morgan fingerprint density at radius 2 is 2.00 bits per heavy atom. The molecule has 0 aliphatic rings. The Morgan fingerprint density at radius 3 is 2.70 bits per heavy atom. The summed E-state index contributed by atoms with van der Waals surface area (Å²) in [6.07, 6.45) is 0. The first-order valence-electron chi connectivity index (χ1n) is 5.71. The van der Waals surface area contributed by atoms with Gasteiger partial charge in [0.1, 0.15) is 11.6 Å².